The highest BCUT2D eigenvalue weighted by Gasteiger charge is 2.13. The van der Waals surface area contributed by atoms with E-state index in [1.165, 1.54) is 0 Å². The summed E-state index contributed by atoms with van der Waals surface area (Å²) in [5, 5.41) is 0. The van der Waals surface area contributed by atoms with Crippen LogP contribution in [0.3, 0.4) is 0 Å². The molecule has 0 atom stereocenters. The van der Waals surface area contributed by atoms with Gasteiger partial charge in [-0.25, -0.2) is 9.78 Å². The summed E-state index contributed by atoms with van der Waals surface area (Å²) in [6, 6.07) is 9.55. The molecule has 1 aromatic heterocycles. The van der Waals surface area contributed by atoms with Gasteiger partial charge in [-0.05, 0) is 23.1 Å². The maximum atomic E-state index is 10.7. The molecule has 2 aromatic rings. The minimum atomic E-state index is 0.269. The van der Waals surface area contributed by atoms with E-state index >= 15 is 0 Å². The maximum Gasteiger partial charge on any atom is 0.240 e. The van der Waals surface area contributed by atoms with E-state index in [2.05, 4.69) is 23.8 Å². The molecule has 0 unspecified atom stereocenters. The Labute approximate surface area is 118 Å². The average molecular weight is 268 g/mol. The predicted octanol–water partition coefficient (Wildman–Crippen LogP) is 3.85. The molecule has 4 nitrogen and oxygen atoms in total. The third kappa shape index (κ3) is 2.76. The van der Waals surface area contributed by atoms with Crippen LogP contribution in [0.4, 0.5) is 5.69 Å². The van der Waals surface area contributed by atoms with E-state index in [0.717, 1.165) is 16.7 Å². The zero-order valence-electron chi connectivity index (χ0n) is 11.8. The van der Waals surface area contributed by atoms with Crippen molar-refractivity contribution < 1.29 is 9.53 Å². The van der Waals surface area contributed by atoms with Gasteiger partial charge in [0.1, 0.15) is 0 Å². The lowest BCUT2D eigenvalue weighted by Gasteiger charge is -2.13. The Balaban J connectivity index is 2.66. The molecule has 2 rings (SSSR count). The Morgan fingerprint density at radius 1 is 1.30 bits per heavy atom. The second-order valence-corrected chi connectivity index (χ2v) is 4.69. The van der Waals surface area contributed by atoms with Crippen LogP contribution in [0.5, 0.6) is 5.88 Å². The number of nitrogens with zero attached hydrogens (tertiary/aromatic N) is 2. The van der Waals surface area contributed by atoms with E-state index in [0.29, 0.717) is 11.6 Å². The van der Waals surface area contributed by atoms with Crippen LogP contribution in [0.25, 0.3) is 11.1 Å². The molecule has 4 heteroatoms. The predicted molar refractivity (Wildman–Crippen MR) is 78.1 cm³/mol. The van der Waals surface area contributed by atoms with Crippen LogP contribution in [0, 0.1) is 0 Å². The van der Waals surface area contributed by atoms with Gasteiger partial charge in [-0.3, -0.25) is 0 Å². The number of ether oxygens (including phenoxy) is 1. The van der Waals surface area contributed by atoms with Crippen LogP contribution in [-0.2, 0) is 4.79 Å². The first-order valence-corrected chi connectivity index (χ1v) is 6.38. The normalized spacial score (nSPS) is 10.2. The first-order chi connectivity index (χ1) is 9.67. The lowest BCUT2D eigenvalue weighted by atomic mass is 9.95. The van der Waals surface area contributed by atoms with Gasteiger partial charge in [-0.1, -0.05) is 32.0 Å². The number of hydrogen-bond donors (Lipinski definition) is 0. The fourth-order valence-corrected chi connectivity index (χ4v) is 2.12. The van der Waals surface area contributed by atoms with Gasteiger partial charge in [0.2, 0.25) is 12.0 Å². The number of hydrogen-bond acceptors (Lipinski definition) is 4. The molecule has 0 aliphatic carbocycles. The zero-order valence-corrected chi connectivity index (χ0v) is 11.8. The minimum Gasteiger partial charge on any atom is -0.481 e. The van der Waals surface area contributed by atoms with Crippen molar-refractivity contribution in [2.24, 2.45) is 4.99 Å². The SMILES string of the molecule is COc1cc(-c2cccc(C(C)C)c2N=C=O)ccn1. The number of para-hydroxylation sites is 1. The number of aromatic nitrogens is 1. The molecule has 1 heterocycles. The minimum absolute atomic E-state index is 0.269. The lowest BCUT2D eigenvalue weighted by Crippen LogP contribution is -1.92. The molecule has 0 spiro atoms. The van der Waals surface area contributed by atoms with Gasteiger partial charge in [0.25, 0.3) is 0 Å². The number of aliphatic imine (C=N–C) groups is 1. The van der Waals surface area contributed by atoms with Crippen molar-refractivity contribution in [1.82, 2.24) is 4.98 Å². The van der Waals surface area contributed by atoms with Gasteiger partial charge in [-0.2, -0.15) is 4.99 Å². The van der Waals surface area contributed by atoms with Crippen LogP contribution >= 0.6 is 0 Å². The summed E-state index contributed by atoms with van der Waals surface area (Å²) in [4.78, 5) is 18.7. The van der Waals surface area contributed by atoms with E-state index in [9.17, 15) is 4.79 Å². The van der Waals surface area contributed by atoms with Crippen molar-refractivity contribution in [2.45, 2.75) is 19.8 Å². The molecule has 0 radical (unpaired) electrons. The number of carbonyl (C=O) groups excluding carboxylic acids is 1. The van der Waals surface area contributed by atoms with Crippen molar-refractivity contribution in [3.05, 3.63) is 42.1 Å². The molecule has 0 aliphatic heterocycles. The Morgan fingerprint density at radius 3 is 2.75 bits per heavy atom. The fourth-order valence-electron chi connectivity index (χ4n) is 2.12. The smallest absolute Gasteiger partial charge is 0.240 e. The molecule has 0 fully saturated rings. The van der Waals surface area contributed by atoms with E-state index in [1.54, 1.807) is 19.4 Å². The summed E-state index contributed by atoms with van der Waals surface area (Å²) in [7, 11) is 1.57. The summed E-state index contributed by atoms with van der Waals surface area (Å²) in [5.74, 6) is 0.796. The summed E-state index contributed by atoms with van der Waals surface area (Å²) in [6.45, 7) is 4.13. The van der Waals surface area contributed by atoms with Crippen LogP contribution in [-0.4, -0.2) is 18.2 Å². The molecule has 0 N–H and O–H groups in total. The largest absolute Gasteiger partial charge is 0.481 e. The monoisotopic (exact) mass is 268 g/mol. The quantitative estimate of drug-likeness (QED) is 0.625. The van der Waals surface area contributed by atoms with Crippen molar-refractivity contribution in [2.75, 3.05) is 7.11 Å². The Hall–Kier alpha value is -2.45. The average Bonchev–Trinajstić information content (AvgIpc) is 2.47. The van der Waals surface area contributed by atoms with Crippen LogP contribution in [0.15, 0.2) is 41.5 Å². The molecule has 0 saturated carbocycles. The molecule has 0 aliphatic rings. The molecule has 0 amide bonds. The lowest BCUT2D eigenvalue weighted by molar-refractivity contribution is 0.398. The van der Waals surface area contributed by atoms with E-state index in [1.807, 2.05) is 30.3 Å². The van der Waals surface area contributed by atoms with Crippen LogP contribution in [0.1, 0.15) is 25.3 Å². The third-order valence-electron chi connectivity index (χ3n) is 3.10. The zero-order chi connectivity index (χ0) is 14.5. The molecular weight excluding hydrogens is 252 g/mol. The number of pyridine rings is 1. The van der Waals surface area contributed by atoms with E-state index < -0.39 is 0 Å². The van der Waals surface area contributed by atoms with E-state index in [-0.39, 0.29) is 5.92 Å². The Kier molecular flexibility index (Phi) is 4.28. The topological polar surface area (TPSA) is 51.5 Å². The van der Waals surface area contributed by atoms with Crippen molar-refractivity contribution in [1.29, 1.82) is 0 Å². The third-order valence-corrected chi connectivity index (χ3v) is 3.10. The maximum absolute atomic E-state index is 10.7. The number of methoxy groups -OCH3 is 1. The van der Waals surface area contributed by atoms with Crippen molar-refractivity contribution in [3.63, 3.8) is 0 Å². The fraction of sp³-hybridized carbons (Fsp3) is 0.250. The van der Waals surface area contributed by atoms with Gasteiger partial charge in [0.15, 0.2) is 0 Å². The Bertz CT molecular complexity index is 659. The van der Waals surface area contributed by atoms with Crippen molar-refractivity contribution >= 4 is 11.8 Å². The molecule has 20 heavy (non-hydrogen) atoms. The molecule has 0 bridgehead atoms. The summed E-state index contributed by atoms with van der Waals surface area (Å²) < 4.78 is 5.13. The number of rotatable bonds is 4. The highest BCUT2D eigenvalue weighted by molar-refractivity contribution is 5.80. The second-order valence-electron chi connectivity index (χ2n) is 4.69. The second kappa shape index (κ2) is 6.13. The highest BCUT2D eigenvalue weighted by Crippen LogP contribution is 2.37. The van der Waals surface area contributed by atoms with Gasteiger partial charge < -0.3 is 4.74 Å². The van der Waals surface area contributed by atoms with Crippen LogP contribution in [0.2, 0.25) is 0 Å². The Morgan fingerprint density at radius 2 is 2.10 bits per heavy atom. The van der Waals surface area contributed by atoms with Gasteiger partial charge in [-0.15, -0.1) is 0 Å². The van der Waals surface area contributed by atoms with Gasteiger partial charge in [0.05, 0.1) is 12.8 Å². The molecular formula is C16H16N2O2. The van der Waals surface area contributed by atoms with Gasteiger partial charge in [0, 0.05) is 17.8 Å². The first kappa shape index (κ1) is 14.0. The van der Waals surface area contributed by atoms with E-state index in [4.69, 9.17) is 4.74 Å². The van der Waals surface area contributed by atoms with Crippen molar-refractivity contribution in [3.8, 4) is 17.0 Å². The number of benzene rings is 1. The first-order valence-electron chi connectivity index (χ1n) is 6.38. The highest BCUT2D eigenvalue weighted by atomic mass is 16.5. The summed E-state index contributed by atoms with van der Waals surface area (Å²) in [6.07, 6.45) is 3.32. The van der Waals surface area contributed by atoms with Crippen LogP contribution < -0.4 is 4.74 Å². The standard InChI is InChI=1S/C16H16N2O2/c1-11(2)13-5-4-6-14(16(13)18-10-19)12-7-8-17-15(9-12)20-3/h4-9,11H,1-3H3. The molecule has 0 saturated heterocycles. The van der Waals surface area contributed by atoms with Gasteiger partial charge >= 0.3 is 0 Å². The number of isocyanates is 1. The molecule has 102 valence electrons. The summed E-state index contributed by atoms with van der Waals surface area (Å²) >= 11 is 0. The molecule has 1 aromatic carbocycles. The summed E-state index contributed by atoms with van der Waals surface area (Å²) in [5.41, 5.74) is 3.46.